The first-order valence-electron chi connectivity index (χ1n) is 11.1. The largest absolute Gasteiger partial charge is 0.465 e. The monoisotopic (exact) mass is 398 g/mol. The second-order valence-electron chi connectivity index (χ2n) is 8.71. The Morgan fingerprint density at radius 2 is 0.929 bits per heavy atom. The minimum absolute atomic E-state index is 0.182. The molecule has 0 aliphatic heterocycles. The second kappa shape index (κ2) is 13.2. The Morgan fingerprint density at radius 1 is 0.607 bits per heavy atom. The summed E-state index contributed by atoms with van der Waals surface area (Å²) in [5.74, 6) is 1.32. The van der Waals surface area contributed by atoms with Crippen molar-refractivity contribution in [1.82, 2.24) is 0 Å². The van der Waals surface area contributed by atoms with Crippen LogP contribution in [0.15, 0.2) is 0 Å². The molecule has 2 aliphatic rings. The number of aliphatic hydroxyl groups excluding tert-OH is 2. The van der Waals surface area contributed by atoms with E-state index in [0.717, 1.165) is 51.4 Å². The van der Waals surface area contributed by atoms with Gasteiger partial charge in [-0.1, -0.05) is 0 Å². The first kappa shape index (κ1) is 23.1. The fourth-order valence-corrected chi connectivity index (χ4v) is 4.27. The molecule has 0 saturated heterocycles. The molecule has 2 aliphatic carbocycles. The van der Waals surface area contributed by atoms with Crippen LogP contribution in [0.3, 0.4) is 0 Å². The zero-order chi connectivity index (χ0) is 20.2. The highest BCUT2D eigenvalue weighted by molar-refractivity contribution is 5.70. The Hall–Kier alpha value is -1.14. The highest BCUT2D eigenvalue weighted by Gasteiger charge is 2.22. The lowest BCUT2D eigenvalue weighted by Crippen LogP contribution is -2.22. The van der Waals surface area contributed by atoms with Crippen molar-refractivity contribution < 1.29 is 29.3 Å². The number of aliphatic hydroxyl groups is 2. The molecular weight excluding hydrogens is 360 g/mol. The van der Waals surface area contributed by atoms with Crippen molar-refractivity contribution in [3.63, 3.8) is 0 Å². The summed E-state index contributed by atoms with van der Waals surface area (Å²) in [5, 5.41) is 18.3. The standard InChI is InChI=1S/C22H38O6/c23-13-17-5-9-19(10-6-17)15-27-21(25)3-1-2-4-22(26)28-16-20-11-7-18(14-24)8-12-20/h17-20,23-24H,1-16H2. The third-order valence-corrected chi connectivity index (χ3v) is 6.42. The molecule has 162 valence electrons. The fourth-order valence-electron chi connectivity index (χ4n) is 4.27. The van der Waals surface area contributed by atoms with Crippen molar-refractivity contribution in [2.24, 2.45) is 23.7 Å². The Bertz CT molecular complexity index is 408. The number of esters is 2. The topological polar surface area (TPSA) is 93.1 Å². The first-order chi connectivity index (χ1) is 13.6. The lowest BCUT2D eigenvalue weighted by molar-refractivity contribution is -0.147. The van der Waals surface area contributed by atoms with Crippen LogP contribution < -0.4 is 0 Å². The van der Waals surface area contributed by atoms with E-state index in [1.165, 1.54) is 0 Å². The normalized spacial score (nSPS) is 27.9. The number of hydrogen-bond acceptors (Lipinski definition) is 6. The Balaban J connectivity index is 1.44. The van der Waals surface area contributed by atoms with Crippen molar-refractivity contribution in [2.45, 2.75) is 77.0 Å². The third-order valence-electron chi connectivity index (χ3n) is 6.42. The van der Waals surface area contributed by atoms with E-state index in [4.69, 9.17) is 19.7 Å². The zero-order valence-corrected chi connectivity index (χ0v) is 17.2. The van der Waals surface area contributed by atoms with Crippen molar-refractivity contribution in [3.05, 3.63) is 0 Å². The predicted molar refractivity (Wildman–Crippen MR) is 105 cm³/mol. The second-order valence-corrected chi connectivity index (χ2v) is 8.71. The van der Waals surface area contributed by atoms with E-state index in [0.29, 0.717) is 62.6 Å². The van der Waals surface area contributed by atoms with Gasteiger partial charge in [0.1, 0.15) is 0 Å². The molecule has 2 fully saturated rings. The number of carbonyl (C=O) groups is 2. The van der Waals surface area contributed by atoms with Crippen LogP contribution >= 0.6 is 0 Å². The summed E-state index contributed by atoms with van der Waals surface area (Å²) in [5.41, 5.74) is 0. The first-order valence-corrected chi connectivity index (χ1v) is 11.1. The summed E-state index contributed by atoms with van der Waals surface area (Å²) < 4.78 is 10.7. The molecule has 0 bridgehead atoms. The fraction of sp³-hybridized carbons (Fsp3) is 0.909. The summed E-state index contributed by atoms with van der Waals surface area (Å²) >= 11 is 0. The van der Waals surface area contributed by atoms with E-state index >= 15 is 0 Å². The van der Waals surface area contributed by atoms with Crippen LogP contribution in [0.25, 0.3) is 0 Å². The van der Waals surface area contributed by atoms with E-state index in [9.17, 15) is 9.59 Å². The molecule has 0 atom stereocenters. The number of unbranched alkanes of at least 4 members (excludes halogenated alkanes) is 1. The van der Waals surface area contributed by atoms with Gasteiger partial charge < -0.3 is 19.7 Å². The third kappa shape index (κ3) is 8.91. The van der Waals surface area contributed by atoms with Crippen LogP contribution in [-0.4, -0.2) is 48.6 Å². The average molecular weight is 399 g/mol. The molecule has 0 aromatic rings. The number of rotatable bonds is 11. The van der Waals surface area contributed by atoms with Gasteiger partial charge in [0, 0.05) is 26.1 Å². The molecule has 2 rings (SSSR count). The van der Waals surface area contributed by atoms with Gasteiger partial charge in [0.05, 0.1) is 13.2 Å². The minimum atomic E-state index is -0.182. The van der Waals surface area contributed by atoms with Gasteiger partial charge in [0.2, 0.25) is 0 Å². The molecule has 0 radical (unpaired) electrons. The molecule has 0 aromatic heterocycles. The van der Waals surface area contributed by atoms with Gasteiger partial charge in [0.25, 0.3) is 0 Å². The van der Waals surface area contributed by atoms with Crippen molar-refractivity contribution in [2.75, 3.05) is 26.4 Å². The molecular formula is C22H38O6. The van der Waals surface area contributed by atoms with Gasteiger partial charge in [-0.3, -0.25) is 9.59 Å². The quantitative estimate of drug-likeness (QED) is 0.410. The van der Waals surface area contributed by atoms with Gasteiger partial charge in [-0.25, -0.2) is 0 Å². The predicted octanol–water partition coefficient (Wildman–Crippen LogP) is 3.23. The van der Waals surface area contributed by atoms with E-state index in [-0.39, 0.29) is 25.2 Å². The molecule has 0 aromatic carbocycles. The number of hydrogen-bond donors (Lipinski definition) is 2. The summed E-state index contributed by atoms with van der Waals surface area (Å²) in [6.07, 6.45) is 10.1. The lowest BCUT2D eigenvalue weighted by atomic mass is 9.83. The van der Waals surface area contributed by atoms with E-state index in [1.807, 2.05) is 0 Å². The van der Waals surface area contributed by atoms with Crippen molar-refractivity contribution in [1.29, 1.82) is 0 Å². The molecule has 0 unspecified atom stereocenters. The molecule has 28 heavy (non-hydrogen) atoms. The zero-order valence-electron chi connectivity index (χ0n) is 17.2. The maximum atomic E-state index is 11.8. The van der Waals surface area contributed by atoms with E-state index < -0.39 is 0 Å². The lowest BCUT2D eigenvalue weighted by Gasteiger charge is -2.26. The molecule has 2 N–H and O–H groups in total. The summed E-state index contributed by atoms with van der Waals surface area (Å²) in [6.45, 7) is 1.49. The van der Waals surface area contributed by atoms with Gasteiger partial charge in [0.15, 0.2) is 0 Å². The van der Waals surface area contributed by atoms with Gasteiger partial charge >= 0.3 is 11.9 Å². The highest BCUT2D eigenvalue weighted by atomic mass is 16.5. The molecule has 0 amide bonds. The highest BCUT2D eigenvalue weighted by Crippen LogP contribution is 2.29. The van der Waals surface area contributed by atoms with Crippen molar-refractivity contribution >= 4 is 11.9 Å². The summed E-state index contributed by atoms with van der Waals surface area (Å²) in [6, 6.07) is 0. The number of ether oxygens (including phenoxy) is 2. The Kier molecular flexibility index (Phi) is 10.9. The molecule has 6 nitrogen and oxygen atoms in total. The SMILES string of the molecule is O=C(CCCCC(=O)OCC1CCC(CO)CC1)OCC1CCC(CO)CC1. The molecule has 6 heteroatoms. The minimum Gasteiger partial charge on any atom is -0.465 e. The van der Waals surface area contributed by atoms with Gasteiger partial charge in [-0.05, 0) is 87.9 Å². The summed E-state index contributed by atoms with van der Waals surface area (Å²) in [7, 11) is 0. The van der Waals surface area contributed by atoms with Crippen LogP contribution in [0, 0.1) is 23.7 Å². The Morgan fingerprint density at radius 3 is 1.25 bits per heavy atom. The Labute approximate surface area is 169 Å². The van der Waals surface area contributed by atoms with E-state index in [1.54, 1.807) is 0 Å². The summed E-state index contributed by atoms with van der Waals surface area (Å²) in [4.78, 5) is 23.7. The van der Waals surface area contributed by atoms with Crippen LogP contribution in [0.2, 0.25) is 0 Å². The van der Waals surface area contributed by atoms with Crippen LogP contribution in [0.5, 0.6) is 0 Å². The average Bonchev–Trinajstić information content (AvgIpc) is 2.74. The van der Waals surface area contributed by atoms with Crippen LogP contribution in [0.4, 0.5) is 0 Å². The van der Waals surface area contributed by atoms with Gasteiger partial charge in [-0.2, -0.15) is 0 Å². The number of carbonyl (C=O) groups excluding carboxylic acids is 2. The van der Waals surface area contributed by atoms with Gasteiger partial charge in [-0.15, -0.1) is 0 Å². The van der Waals surface area contributed by atoms with Crippen LogP contribution in [-0.2, 0) is 19.1 Å². The van der Waals surface area contributed by atoms with Crippen LogP contribution in [0.1, 0.15) is 77.0 Å². The molecule has 0 heterocycles. The van der Waals surface area contributed by atoms with E-state index in [2.05, 4.69) is 0 Å². The maximum Gasteiger partial charge on any atom is 0.305 e. The molecule has 2 saturated carbocycles. The smallest absolute Gasteiger partial charge is 0.305 e. The van der Waals surface area contributed by atoms with Crippen molar-refractivity contribution in [3.8, 4) is 0 Å². The molecule has 0 spiro atoms. The maximum absolute atomic E-state index is 11.8.